The van der Waals surface area contributed by atoms with Crippen LogP contribution in [-0.2, 0) is 23.1 Å². The minimum Gasteiger partial charge on any atom is -0.294 e. The van der Waals surface area contributed by atoms with Crippen molar-refractivity contribution < 1.29 is 8.42 Å². The van der Waals surface area contributed by atoms with Gasteiger partial charge in [0.2, 0.25) is 10.0 Å². The third-order valence-corrected chi connectivity index (χ3v) is 7.84. The van der Waals surface area contributed by atoms with E-state index >= 15 is 0 Å². The number of rotatable bonds is 6. The Kier molecular flexibility index (Phi) is 5.79. The summed E-state index contributed by atoms with van der Waals surface area (Å²) < 4.78 is 29.7. The Morgan fingerprint density at radius 3 is 2.37 bits per heavy atom. The highest BCUT2D eigenvalue weighted by atomic mass is 35.5. The number of fused-ring (bicyclic) bond motifs is 1. The van der Waals surface area contributed by atoms with Crippen LogP contribution in [0.15, 0.2) is 82.5 Å². The molecular formula is C22H19ClN2O3S2. The van der Waals surface area contributed by atoms with Crippen LogP contribution >= 0.6 is 22.9 Å². The first-order valence-corrected chi connectivity index (χ1v) is 11.9. The lowest BCUT2D eigenvalue weighted by atomic mass is 10.2. The van der Waals surface area contributed by atoms with Crippen LogP contribution in [0.4, 0.5) is 0 Å². The van der Waals surface area contributed by atoms with Crippen molar-refractivity contribution >= 4 is 43.2 Å². The second-order valence-electron chi connectivity index (χ2n) is 6.96. The largest absolute Gasteiger partial charge is 0.308 e. The highest BCUT2D eigenvalue weighted by molar-refractivity contribution is 7.89. The summed E-state index contributed by atoms with van der Waals surface area (Å²) >= 11 is 6.95. The van der Waals surface area contributed by atoms with Gasteiger partial charge in [0.25, 0.3) is 0 Å². The fraction of sp³-hybridized carbons (Fsp3) is 0.136. The molecule has 3 aromatic carbocycles. The Bertz CT molecular complexity index is 1340. The number of thiazole rings is 1. The van der Waals surface area contributed by atoms with Gasteiger partial charge in [-0.1, -0.05) is 65.4 Å². The maximum absolute atomic E-state index is 13.0. The van der Waals surface area contributed by atoms with Gasteiger partial charge in [0, 0.05) is 18.6 Å². The van der Waals surface area contributed by atoms with Gasteiger partial charge in [0.05, 0.1) is 21.7 Å². The summed E-state index contributed by atoms with van der Waals surface area (Å²) in [6.45, 7) is 0.672. The van der Waals surface area contributed by atoms with Crippen LogP contribution in [0.25, 0.3) is 10.2 Å². The van der Waals surface area contributed by atoms with Crippen molar-refractivity contribution in [2.45, 2.75) is 18.0 Å². The van der Waals surface area contributed by atoms with E-state index < -0.39 is 10.0 Å². The average Bonchev–Trinajstić information content (AvgIpc) is 3.05. The molecule has 1 aromatic heterocycles. The molecule has 0 bridgehead atoms. The minimum absolute atomic E-state index is 0.113. The molecule has 0 fully saturated rings. The number of sulfonamides is 1. The summed E-state index contributed by atoms with van der Waals surface area (Å²) in [4.78, 5) is 12.6. The summed E-state index contributed by atoms with van der Waals surface area (Å²) in [7, 11) is -2.17. The number of hydrogen-bond donors (Lipinski definition) is 0. The van der Waals surface area contributed by atoms with E-state index in [9.17, 15) is 13.2 Å². The van der Waals surface area contributed by atoms with Crippen LogP contribution in [0.3, 0.4) is 0 Å². The van der Waals surface area contributed by atoms with Crippen LogP contribution in [0.5, 0.6) is 0 Å². The first-order valence-electron chi connectivity index (χ1n) is 9.23. The van der Waals surface area contributed by atoms with E-state index in [1.807, 2.05) is 30.3 Å². The number of halogens is 1. The van der Waals surface area contributed by atoms with Crippen LogP contribution in [0, 0.1) is 0 Å². The second kappa shape index (κ2) is 8.35. The monoisotopic (exact) mass is 458 g/mol. The normalized spacial score (nSPS) is 12.0. The molecule has 0 saturated heterocycles. The first kappa shape index (κ1) is 20.8. The van der Waals surface area contributed by atoms with Gasteiger partial charge in [-0.15, -0.1) is 0 Å². The fourth-order valence-electron chi connectivity index (χ4n) is 3.23. The Labute approximate surface area is 183 Å². The van der Waals surface area contributed by atoms with E-state index in [2.05, 4.69) is 0 Å². The lowest BCUT2D eigenvalue weighted by Gasteiger charge is -2.17. The van der Waals surface area contributed by atoms with Crippen molar-refractivity contribution in [2.75, 3.05) is 7.05 Å². The van der Waals surface area contributed by atoms with Crippen molar-refractivity contribution in [3.8, 4) is 0 Å². The molecule has 30 heavy (non-hydrogen) atoms. The molecule has 4 aromatic rings. The maximum Gasteiger partial charge on any atom is 0.308 e. The number of hydrogen-bond acceptors (Lipinski definition) is 4. The van der Waals surface area contributed by atoms with Gasteiger partial charge in [-0.3, -0.25) is 9.36 Å². The van der Waals surface area contributed by atoms with E-state index in [0.29, 0.717) is 16.3 Å². The zero-order valence-corrected chi connectivity index (χ0v) is 18.5. The molecule has 1 heterocycles. The molecule has 0 spiro atoms. The van der Waals surface area contributed by atoms with E-state index in [4.69, 9.17) is 11.6 Å². The Morgan fingerprint density at radius 1 is 0.967 bits per heavy atom. The molecule has 0 aliphatic carbocycles. The Morgan fingerprint density at radius 2 is 1.67 bits per heavy atom. The van der Waals surface area contributed by atoms with E-state index in [0.717, 1.165) is 28.0 Å². The number of nitrogens with zero attached hydrogens (tertiary/aromatic N) is 2. The van der Waals surface area contributed by atoms with Crippen LogP contribution in [-0.4, -0.2) is 24.3 Å². The van der Waals surface area contributed by atoms with Gasteiger partial charge < -0.3 is 0 Å². The molecule has 0 amide bonds. The van der Waals surface area contributed by atoms with Crippen molar-refractivity contribution in [1.29, 1.82) is 0 Å². The molecule has 0 atom stereocenters. The maximum atomic E-state index is 13.0. The molecular weight excluding hydrogens is 440 g/mol. The molecule has 0 radical (unpaired) electrons. The Hall–Kier alpha value is -2.45. The highest BCUT2D eigenvalue weighted by Gasteiger charge is 2.22. The summed E-state index contributed by atoms with van der Waals surface area (Å²) in [5, 5.41) is 0.602. The molecule has 0 saturated carbocycles. The first-order chi connectivity index (χ1) is 14.3. The van der Waals surface area contributed by atoms with Gasteiger partial charge in [-0.2, -0.15) is 4.31 Å². The molecule has 4 rings (SSSR count). The average molecular weight is 459 g/mol. The molecule has 5 nitrogen and oxygen atoms in total. The Balaban J connectivity index is 1.64. The van der Waals surface area contributed by atoms with E-state index in [-0.39, 0.29) is 16.3 Å². The fourth-order valence-corrected chi connectivity index (χ4v) is 5.55. The third-order valence-electron chi connectivity index (χ3n) is 4.85. The molecule has 8 heteroatoms. The van der Waals surface area contributed by atoms with Gasteiger partial charge in [-0.25, -0.2) is 8.42 Å². The zero-order chi connectivity index (χ0) is 21.3. The standard InChI is InChI=1S/C22H19ClN2O3S2/c1-24(14-17-7-9-18(23)10-8-17)30(27,28)19-11-12-20-21(13-19)29-22(26)25(20)15-16-5-3-2-4-6-16/h2-13H,14-15H2,1H3. The van der Waals surface area contributed by atoms with Crippen LogP contribution < -0.4 is 4.87 Å². The summed E-state index contributed by atoms with van der Waals surface area (Å²) in [5.74, 6) is 0. The molecule has 0 aliphatic heterocycles. The molecule has 0 unspecified atom stereocenters. The van der Waals surface area contributed by atoms with Crippen LogP contribution in [0.1, 0.15) is 11.1 Å². The third kappa shape index (κ3) is 4.20. The van der Waals surface area contributed by atoms with Crippen molar-refractivity contribution in [2.24, 2.45) is 0 Å². The van der Waals surface area contributed by atoms with Crippen molar-refractivity contribution in [3.05, 3.63) is 98.6 Å². The smallest absolute Gasteiger partial charge is 0.294 e. The summed E-state index contributed by atoms with van der Waals surface area (Å²) in [6.07, 6.45) is 0. The van der Waals surface area contributed by atoms with Gasteiger partial charge in [0.15, 0.2) is 0 Å². The molecule has 0 aliphatic rings. The number of benzene rings is 3. The SMILES string of the molecule is CN(Cc1ccc(Cl)cc1)S(=O)(=O)c1ccc2c(c1)sc(=O)n2Cc1ccccc1. The van der Waals surface area contributed by atoms with E-state index in [1.165, 1.54) is 11.4 Å². The lowest BCUT2D eigenvalue weighted by molar-refractivity contribution is 0.467. The topological polar surface area (TPSA) is 59.4 Å². The van der Waals surface area contributed by atoms with Crippen molar-refractivity contribution in [3.63, 3.8) is 0 Å². The lowest BCUT2D eigenvalue weighted by Crippen LogP contribution is -2.26. The van der Waals surface area contributed by atoms with Crippen molar-refractivity contribution in [1.82, 2.24) is 8.87 Å². The van der Waals surface area contributed by atoms with E-state index in [1.54, 1.807) is 47.0 Å². The van der Waals surface area contributed by atoms with Gasteiger partial charge in [0.1, 0.15) is 0 Å². The predicted molar refractivity (Wildman–Crippen MR) is 122 cm³/mol. The van der Waals surface area contributed by atoms with Gasteiger partial charge in [-0.05, 0) is 41.5 Å². The second-order valence-corrected chi connectivity index (χ2v) is 10.4. The van der Waals surface area contributed by atoms with Crippen LogP contribution in [0.2, 0.25) is 5.02 Å². The highest BCUT2D eigenvalue weighted by Crippen LogP contribution is 2.25. The summed E-state index contributed by atoms with van der Waals surface area (Å²) in [6, 6.07) is 21.6. The minimum atomic E-state index is -3.71. The zero-order valence-electron chi connectivity index (χ0n) is 16.2. The predicted octanol–water partition coefficient (Wildman–Crippen LogP) is 4.59. The quantitative estimate of drug-likeness (QED) is 0.424. The molecule has 154 valence electrons. The van der Waals surface area contributed by atoms with Gasteiger partial charge >= 0.3 is 4.87 Å². The molecule has 0 N–H and O–H groups in total. The number of aromatic nitrogens is 1. The summed E-state index contributed by atoms with van der Waals surface area (Å²) in [5.41, 5.74) is 2.58.